The molecule has 3 heterocycles. The maximum Gasteiger partial charge on any atom is 0.248 e. The Kier molecular flexibility index (Phi) is 5.63. The number of likely N-dealkylation sites (tertiary alicyclic amines) is 1. The predicted molar refractivity (Wildman–Crippen MR) is 89.7 cm³/mol. The van der Waals surface area contributed by atoms with Gasteiger partial charge in [0.2, 0.25) is 11.9 Å². The van der Waals surface area contributed by atoms with Gasteiger partial charge in [-0.25, -0.2) is 9.97 Å². The molecular formula is C17H26N4O3. The van der Waals surface area contributed by atoms with E-state index >= 15 is 0 Å². The molecule has 0 saturated carbocycles. The highest BCUT2D eigenvalue weighted by Crippen LogP contribution is 2.36. The molecule has 2 fully saturated rings. The smallest absolute Gasteiger partial charge is 0.248 e. The molecule has 3 rings (SSSR count). The normalized spacial score (nSPS) is 26.7. The number of hydrogen-bond donors (Lipinski definition) is 1. The van der Waals surface area contributed by atoms with E-state index < -0.39 is 0 Å². The molecule has 7 nitrogen and oxygen atoms in total. The summed E-state index contributed by atoms with van der Waals surface area (Å²) in [4.78, 5) is 22.4. The average molecular weight is 334 g/mol. The van der Waals surface area contributed by atoms with Crippen molar-refractivity contribution >= 4 is 11.9 Å². The molecule has 0 bridgehead atoms. The molecule has 1 amide bonds. The monoisotopic (exact) mass is 334 g/mol. The van der Waals surface area contributed by atoms with Crippen LogP contribution in [0.1, 0.15) is 32.6 Å². The molecule has 0 radical (unpaired) electrons. The molecular weight excluding hydrogens is 308 g/mol. The summed E-state index contributed by atoms with van der Waals surface area (Å²) in [5, 5.41) is 3.23. The largest absolute Gasteiger partial charge is 0.372 e. The summed E-state index contributed by atoms with van der Waals surface area (Å²) < 4.78 is 11.6. The van der Waals surface area contributed by atoms with Gasteiger partial charge in [0, 0.05) is 38.6 Å². The summed E-state index contributed by atoms with van der Waals surface area (Å²) in [6, 6.07) is 1.80. The Morgan fingerprint density at radius 3 is 3.08 bits per heavy atom. The standard InChI is InChI=1S/C17H26N4O3/c1-2-23-12-15(22)21-10-7-17(13-21)6-3-5-14(24-17)11-20-16-18-8-4-9-19-16/h4,8-9,14H,2-3,5-7,10-13H2,1H3,(H,18,19,20)/t14-,17-/m1/s1. The van der Waals surface area contributed by atoms with Gasteiger partial charge in [-0.1, -0.05) is 0 Å². The van der Waals surface area contributed by atoms with E-state index in [9.17, 15) is 4.79 Å². The van der Waals surface area contributed by atoms with Crippen molar-refractivity contribution in [1.82, 2.24) is 14.9 Å². The first-order valence-electron chi connectivity index (χ1n) is 8.75. The van der Waals surface area contributed by atoms with E-state index in [-0.39, 0.29) is 24.2 Å². The summed E-state index contributed by atoms with van der Waals surface area (Å²) >= 11 is 0. The molecule has 2 atom stereocenters. The van der Waals surface area contributed by atoms with Crippen LogP contribution in [0.4, 0.5) is 5.95 Å². The molecule has 2 aliphatic heterocycles. The van der Waals surface area contributed by atoms with Gasteiger partial charge in [0.15, 0.2) is 0 Å². The number of hydrogen-bond acceptors (Lipinski definition) is 6. The average Bonchev–Trinajstić information content (AvgIpc) is 3.02. The van der Waals surface area contributed by atoms with Crippen LogP contribution in [0.25, 0.3) is 0 Å². The minimum absolute atomic E-state index is 0.0651. The number of aromatic nitrogens is 2. The highest BCUT2D eigenvalue weighted by atomic mass is 16.5. The van der Waals surface area contributed by atoms with Crippen molar-refractivity contribution in [2.45, 2.75) is 44.3 Å². The second-order valence-corrected chi connectivity index (χ2v) is 6.47. The number of carbonyl (C=O) groups excluding carboxylic acids is 1. The van der Waals surface area contributed by atoms with Gasteiger partial charge in [-0.05, 0) is 38.7 Å². The van der Waals surface area contributed by atoms with E-state index in [0.29, 0.717) is 25.6 Å². The zero-order chi connectivity index (χ0) is 16.8. The molecule has 24 heavy (non-hydrogen) atoms. The third-order valence-electron chi connectivity index (χ3n) is 4.73. The van der Waals surface area contributed by atoms with Crippen LogP contribution in [0, 0.1) is 0 Å². The maximum atomic E-state index is 12.1. The number of ether oxygens (including phenoxy) is 2. The number of amides is 1. The second-order valence-electron chi connectivity index (χ2n) is 6.47. The Balaban J connectivity index is 1.51. The van der Waals surface area contributed by atoms with Gasteiger partial charge < -0.3 is 19.7 Å². The summed E-state index contributed by atoms with van der Waals surface area (Å²) in [5.41, 5.74) is -0.190. The topological polar surface area (TPSA) is 76.6 Å². The third kappa shape index (κ3) is 4.21. The molecule has 0 unspecified atom stereocenters. The van der Waals surface area contributed by atoms with Gasteiger partial charge in [0.1, 0.15) is 6.61 Å². The summed E-state index contributed by atoms with van der Waals surface area (Å²) in [6.07, 6.45) is 7.63. The molecule has 2 saturated heterocycles. The van der Waals surface area contributed by atoms with Crippen molar-refractivity contribution in [2.24, 2.45) is 0 Å². The number of rotatable bonds is 6. The lowest BCUT2D eigenvalue weighted by Crippen LogP contribution is -2.46. The third-order valence-corrected chi connectivity index (χ3v) is 4.73. The first-order valence-corrected chi connectivity index (χ1v) is 8.75. The van der Waals surface area contributed by atoms with Crippen LogP contribution in [-0.2, 0) is 14.3 Å². The van der Waals surface area contributed by atoms with Crippen molar-refractivity contribution in [3.63, 3.8) is 0 Å². The van der Waals surface area contributed by atoms with Crippen molar-refractivity contribution in [1.29, 1.82) is 0 Å². The Labute approximate surface area is 142 Å². The Morgan fingerprint density at radius 2 is 2.29 bits per heavy atom. The highest BCUT2D eigenvalue weighted by molar-refractivity contribution is 5.77. The first kappa shape index (κ1) is 17.1. The SMILES string of the molecule is CCOCC(=O)N1CC[C@]2(CCC[C@H](CNc3ncccn3)O2)C1. The summed E-state index contributed by atoms with van der Waals surface area (Å²) in [7, 11) is 0. The Bertz CT molecular complexity index is 542. The summed E-state index contributed by atoms with van der Waals surface area (Å²) in [6.45, 7) is 4.76. The van der Waals surface area contributed by atoms with Gasteiger partial charge in [0.05, 0.1) is 11.7 Å². The van der Waals surface area contributed by atoms with E-state index in [0.717, 1.165) is 32.2 Å². The summed E-state index contributed by atoms with van der Waals surface area (Å²) in [5.74, 6) is 0.691. The van der Waals surface area contributed by atoms with E-state index in [2.05, 4.69) is 15.3 Å². The fourth-order valence-corrected chi connectivity index (χ4v) is 3.50. The van der Waals surface area contributed by atoms with Gasteiger partial charge in [0.25, 0.3) is 0 Å². The zero-order valence-corrected chi connectivity index (χ0v) is 14.2. The molecule has 132 valence electrons. The van der Waals surface area contributed by atoms with Gasteiger partial charge in [-0.2, -0.15) is 0 Å². The number of carbonyl (C=O) groups is 1. The highest BCUT2D eigenvalue weighted by Gasteiger charge is 2.44. The fraction of sp³-hybridized carbons (Fsp3) is 0.706. The van der Waals surface area contributed by atoms with Crippen LogP contribution < -0.4 is 5.32 Å². The van der Waals surface area contributed by atoms with E-state index in [1.165, 1.54) is 0 Å². The molecule has 2 aliphatic rings. The number of nitrogens with zero attached hydrogens (tertiary/aromatic N) is 3. The van der Waals surface area contributed by atoms with Crippen LogP contribution in [0.2, 0.25) is 0 Å². The van der Waals surface area contributed by atoms with E-state index in [1.54, 1.807) is 18.5 Å². The van der Waals surface area contributed by atoms with Gasteiger partial charge in [-0.15, -0.1) is 0 Å². The van der Waals surface area contributed by atoms with Crippen LogP contribution in [0.15, 0.2) is 18.5 Å². The number of nitrogens with one attached hydrogen (secondary N) is 1. The predicted octanol–water partition coefficient (Wildman–Crippen LogP) is 1.47. The van der Waals surface area contributed by atoms with Crippen molar-refractivity contribution in [2.75, 3.05) is 38.2 Å². The molecule has 0 aliphatic carbocycles. The quantitative estimate of drug-likeness (QED) is 0.849. The van der Waals surface area contributed by atoms with Crippen LogP contribution >= 0.6 is 0 Å². The molecule has 7 heteroatoms. The minimum atomic E-state index is -0.190. The van der Waals surface area contributed by atoms with Crippen LogP contribution in [0.5, 0.6) is 0 Å². The lowest BCUT2D eigenvalue weighted by atomic mass is 9.90. The molecule has 1 aromatic rings. The Hall–Kier alpha value is -1.73. The minimum Gasteiger partial charge on any atom is -0.372 e. The first-order chi connectivity index (χ1) is 11.7. The molecule has 0 aromatic carbocycles. The number of anilines is 1. The molecule has 1 aromatic heterocycles. The maximum absolute atomic E-state index is 12.1. The second kappa shape index (κ2) is 7.90. The lowest BCUT2D eigenvalue weighted by molar-refractivity contribution is -0.140. The Morgan fingerprint density at radius 1 is 1.46 bits per heavy atom. The zero-order valence-electron chi connectivity index (χ0n) is 14.2. The van der Waals surface area contributed by atoms with Crippen molar-refractivity contribution in [3.8, 4) is 0 Å². The van der Waals surface area contributed by atoms with Crippen LogP contribution in [0.3, 0.4) is 0 Å². The van der Waals surface area contributed by atoms with Gasteiger partial charge >= 0.3 is 0 Å². The van der Waals surface area contributed by atoms with E-state index in [4.69, 9.17) is 9.47 Å². The molecule has 1 spiro atoms. The molecule has 1 N–H and O–H groups in total. The van der Waals surface area contributed by atoms with E-state index in [1.807, 2.05) is 11.8 Å². The fourth-order valence-electron chi connectivity index (χ4n) is 3.50. The van der Waals surface area contributed by atoms with Gasteiger partial charge in [-0.3, -0.25) is 4.79 Å². The van der Waals surface area contributed by atoms with Crippen LogP contribution in [-0.4, -0.2) is 65.3 Å². The lowest BCUT2D eigenvalue weighted by Gasteiger charge is -2.38. The van der Waals surface area contributed by atoms with Crippen molar-refractivity contribution in [3.05, 3.63) is 18.5 Å². The van der Waals surface area contributed by atoms with Crippen molar-refractivity contribution < 1.29 is 14.3 Å².